The molecule has 0 heterocycles. The second-order valence-corrected chi connectivity index (χ2v) is 17.9. The van der Waals surface area contributed by atoms with Gasteiger partial charge in [0.1, 0.15) is 0 Å². The Morgan fingerprint density at radius 1 is 0.139 bits per heavy atom. The smallest absolute Gasteiger partial charge is 0.0468 e. The fraction of sp³-hybridized carbons (Fsp3) is 0. The minimum atomic E-state index is 1.07. The van der Waals surface area contributed by atoms with Gasteiger partial charge in [-0.3, -0.25) is 0 Å². The fourth-order valence-electron chi connectivity index (χ4n) is 9.84. The lowest BCUT2D eigenvalue weighted by molar-refractivity contribution is 1.26. The van der Waals surface area contributed by atoms with Crippen molar-refractivity contribution in [2.45, 2.75) is 0 Å². The van der Waals surface area contributed by atoms with Crippen LogP contribution in [0.3, 0.4) is 0 Å². The molecule has 12 rings (SSSR count). The maximum atomic E-state index is 2.35. The molecule has 12 aromatic rings. The van der Waals surface area contributed by atoms with Gasteiger partial charge in [0.05, 0.1) is 0 Å². The fourth-order valence-corrected chi connectivity index (χ4v) is 9.84. The van der Waals surface area contributed by atoms with Gasteiger partial charge in [-0.25, -0.2) is 0 Å². The Bertz CT molecular complexity index is 3380. The normalized spacial score (nSPS) is 11.1. The molecule has 0 spiro atoms. The van der Waals surface area contributed by atoms with Crippen molar-refractivity contribution in [1.82, 2.24) is 0 Å². The quantitative estimate of drug-likeness (QED) is 0.114. The molecule has 12 aromatic carbocycles. The van der Waals surface area contributed by atoms with Crippen LogP contribution >= 0.6 is 0 Å². The zero-order valence-electron chi connectivity index (χ0n) is 39.7. The van der Waals surface area contributed by atoms with Gasteiger partial charge in [0.15, 0.2) is 0 Å². The summed E-state index contributed by atoms with van der Waals surface area (Å²) in [7, 11) is 0. The van der Waals surface area contributed by atoms with Gasteiger partial charge >= 0.3 is 0 Å². The van der Waals surface area contributed by atoms with Gasteiger partial charge in [0.2, 0.25) is 0 Å². The van der Waals surface area contributed by atoms with Gasteiger partial charge in [0, 0.05) is 68.2 Å². The number of fused-ring (bicyclic) bond motifs is 2. The molecule has 342 valence electrons. The van der Waals surface area contributed by atoms with Crippen LogP contribution in [0.25, 0.3) is 32.7 Å². The Morgan fingerprint density at radius 2 is 0.333 bits per heavy atom. The number of hydrogen-bond acceptors (Lipinski definition) is 4. The first-order valence-corrected chi connectivity index (χ1v) is 24.5. The van der Waals surface area contributed by atoms with E-state index < -0.39 is 0 Å². The third-order valence-electron chi connectivity index (χ3n) is 13.4. The van der Waals surface area contributed by atoms with Crippen LogP contribution in [0.5, 0.6) is 0 Å². The predicted octanol–water partition coefficient (Wildman–Crippen LogP) is 19.5. The van der Waals surface area contributed by atoms with E-state index in [4.69, 9.17) is 0 Å². The van der Waals surface area contributed by atoms with Crippen molar-refractivity contribution in [2.75, 3.05) is 19.6 Å². The van der Waals surface area contributed by atoms with Crippen molar-refractivity contribution in [2.24, 2.45) is 0 Å². The molecule has 0 saturated heterocycles. The average molecular weight is 923 g/mol. The summed E-state index contributed by atoms with van der Waals surface area (Å²) in [5, 5.41) is 4.82. The van der Waals surface area contributed by atoms with Crippen molar-refractivity contribution in [1.29, 1.82) is 0 Å². The molecule has 0 aromatic heterocycles. The zero-order valence-corrected chi connectivity index (χ0v) is 39.7. The molecule has 0 bridgehead atoms. The molecule has 0 amide bonds. The maximum Gasteiger partial charge on any atom is 0.0468 e. The highest BCUT2D eigenvalue weighted by atomic mass is 15.2. The van der Waals surface area contributed by atoms with Crippen LogP contribution in [0.2, 0.25) is 0 Å². The third-order valence-corrected chi connectivity index (χ3v) is 13.4. The van der Waals surface area contributed by atoms with E-state index in [0.717, 1.165) is 79.4 Å². The van der Waals surface area contributed by atoms with Crippen molar-refractivity contribution >= 4 is 89.8 Å². The molecule has 0 N–H and O–H groups in total. The Balaban J connectivity index is 0.878. The van der Waals surface area contributed by atoms with Crippen LogP contribution in [-0.4, -0.2) is 0 Å². The topological polar surface area (TPSA) is 13.0 Å². The lowest BCUT2D eigenvalue weighted by atomic mass is 10.0. The highest BCUT2D eigenvalue weighted by Crippen LogP contribution is 2.43. The molecule has 0 aliphatic carbocycles. The monoisotopic (exact) mass is 922 g/mol. The van der Waals surface area contributed by atoms with Crippen molar-refractivity contribution in [3.05, 3.63) is 303 Å². The Morgan fingerprint density at radius 3 is 0.611 bits per heavy atom. The largest absolute Gasteiger partial charge is 0.311 e. The molecule has 0 aliphatic rings. The second kappa shape index (κ2) is 19.8. The van der Waals surface area contributed by atoms with Crippen molar-refractivity contribution in [3.8, 4) is 11.1 Å². The van der Waals surface area contributed by atoms with Crippen molar-refractivity contribution in [3.63, 3.8) is 0 Å². The summed E-state index contributed by atoms with van der Waals surface area (Å²) < 4.78 is 0. The van der Waals surface area contributed by atoms with Crippen molar-refractivity contribution < 1.29 is 0 Å². The SMILES string of the molecule is c1ccc(N(c2ccccc2)c2ccc(N(c3ccc(-c4ccc(N(c5ccc(N(c6ccccc6)c6ccccc6)cc5)c5ccc6ccccc6c5)cc4)cc3)c3ccc4ccccc4c3)cc2)cc1. The van der Waals surface area contributed by atoms with Gasteiger partial charge < -0.3 is 19.6 Å². The summed E-state index contributed by atoms with van der Waals surface area (Å²) in [4.78, 5) is 9.30. The van der Waals surface area contributed by atoms with E-state index in [1.54, 1.807) is 0 Å². The summed E-state index contributed by atoms with van der Waals surface area (Å²) in [5.74, 6) is 0. The molecule has 0 aliphatic heterocycles. The van der Waals surface area contributed by atoms with Gasteiger partial charge in [-0.2, -0.15) is 0 Å². The van der Waals surface area contributed by atoms with E-state index in [1.807, 2.05) is 0 Å². The summed E-state index contributed by atoms with van der Waals surface area (Å²) in [6.45, 7) is 0. The first-order chi connectivity index (χ1) is 35.7. The number of rotatable bonds is 13. The molecule has 0 radical (unpaired) electrons. The Labute approximate surface area is 421 Å². The predicted molar refractivity (Wildman–Crippen MR) is 306 cm³/mol. The molecular formula is C68H50N4. The van der Waals surface area contributed by atoms with E-state index >= 15 is 0 Å². The number of hydrogen-bond donors (Lipinski definition) is 0. The van der Waals surface area contributed by atoms with Gasteiger partial charge in [0.25, 0.3) is 0 Å². The van der Waals surface area contributed by atoms with Crippen LogP contribution in [0.1, 0.15) is 0 Å². The molecule has 0 atom stereocenters. The van der Waals surface area contributed by atoms with Gasteiger partial charge in [-0.05, 0) is 178 Å². The zero-order chi connectivity index (χ0) is 48.1. The molecule has 4 heteroatoms. The summed E-state index contributed by atoms with van der Waals surface area (Å²) in [6, 6.07) is 109. The lowest BCUT2D eigenvalue weighted by Gasteiger charge is -2.29. The number of para-hydroxylation sites is 4. The van der Waals surface area contributed by atoms with Crippen LogP contribution in [0.15, 0.2) is 303 Å². The van der Waals surface area contributed by atoms with E-state index in [1.165, 1.54) is 21.5 Å². The minimum absolute atomic E-state index is 1.07. The van der Waals surface area contributed by atoms with Crippen LogP contribution in [0.4, 0.5) is 68.2 Å². The highest BCUT2D eigenvalue weighted by Gasteiger charge is 2.19. The highest BCUT2D eigenvalue weighted by molar-refractivity contribution is 5.92. The number of anilines is 12. The van der Waals surface area contributed by atoms with Gasteiger partial charge in [-0.15, -0.1) is 0 Å². The number of benzene rings is 12. The summed E-state index contributed by atoms with van der Waals surface area (Å²) in [5.41, 5.74) is 15.4. The molecule has 0 unspecified atom stereocenters. The minimum Gasteiger partial charge on any atom is -0.311 e. The summed E-state index contributed by atoms with van der Waals surface area (Å²) >= 11 is 0. The van der Waals surface area contributed by atoms with Gasteiger partial charge in [-0.1, -0.05) is 158 Å². The van der Waals surface area contributed by atoms with E-state index in [0.29, 0.717) is 0 Å². The number of nitrogens with zero attached hydrogens (tertiary/aromatic N) is 4. The Kier molecular flexibility index (Phi) is 12.0. The molecule has 4 nitrogen and oxygen atoms in total. The summed E-state index contributed by atoms with van der Waals surface area (Å²) in [6.07, 6.45) is 0. The first-order valence-electron chi connectivity index (χ1n) is 24.5. The van der Waals surface area contributed by atoms with E-state index in [2.05, 4.69) is 323 Å². The molecule has 72 heavy (non-hydrogen) atoms. The standard InChI is InChI=1S/C68H50N4/c1-5-21-57(22-6-1)69(58-23-7-2-8-24-58)63-41-45-65(46-42-63)71(67-39-33-51-17-13-15-19-55(51)49-67)61-35-29-53(30-36-61)54-31-37-62(38-32-54)72(68-40-34-52-18-14-16-20-56(52)50-68)66-47-43-64(44-48-66)70(59-25-9-3-10-26-59)60-27-11-4-12-28-60/h1-50H. The van der Waals surface area contributed by atoms with Crippen LogP contribution in [0, 0.1) is 0 Å². The third kappa shape index (κ3) is 8.93. The average Bonchev–Trinajstić information content (AvgIpc) is 3.46. The lowest BCUT2D eigenvalue weighted by Crippen LogP contribution is -2.12. The second-order valence-electron chi connectivity index (χ2n) is 17.9. The maximum absolute atomic E-state index is 2.35. The van der Waals surface area contributed by atoms with E-state index in [9.17, 15) is 0 Å². The molecule has 0 saturated carbocycles. The molecular weight excluding hydrogens is 873 g/mol. The first kappa shape index (κ1) is 43.6. The van der Waals surface area contributed by atoms with Crippen LogP contribution < -0.4 is 19.6 Å². The van der Waals surface area contributed by atoms with Crippen LogP contribution in [-0.2, 0) is 0 Å². The molecule has 0 fully saturated rings. The van der Waals surface area contributed by atoms with E-state index in [-0.39, 0.29) is 0 Å². The Hall–Kier alpha value is -9.64.